The van der Waals surface area contributed by atoms with Crippen LogP contribution in [0.2, 0.25) is 0 Å². The van der Waals surface area contributed by atoms with Crippen LogP contribution in [0.15, 0.2) is 42.5 Å². The van der Waals surface area contributed by atoms with Crippen molar-refractivity contribution in [2.24, 2.45) is 0 Å². The SMILES string of the molecule is COc1cc(N2CCOCC2)ccc1C=C1C(=O)N(C)c2ccccc21. The van der Waals surface area contributed by atoms with Crippen LogP contribution in [0.3, 0.4) is 0 Å². The molecule has 4 rings (SSSR count). The number of nitrogens with zero attached hydrogens (tertiary/aromatic N) is 2. The molecule has 0 aliphatic carbocycles. The van der Waals surface area contributed by atoms with E-state index < -0.39 is 0 Å². The van der Waals surface area contributed by atoms with Crippen molar-refractivity contribution in [2.75, 3.05) is 50.3 Å². The first-order valence-corrected chi connectivity index (χ1v) is 8.79. The minimum atomic E-state index is 0.00510. The molecule has 0 spiro atoms. The summed E-state index contributed by atoms with van der Waals surface area (Å²) >= 11 is 0. The summed E-state index contributed by atoms with van der Waals surface area (Å²) in [6.07, 6.45) is 1.92. The minimum absolute atomic E-state index is 0.00510. The van der Waals surface area contributed by atoms with Crippen molar-refractivity contribution in [1.82, 2.24) is 0 Å². The number of ether oxygens (including phenoxy) is 2. The van der Waals surface area contributed by atoms with Gasteiger partial charge in [-0.3, -0.25) is 4.79 Å². The number of anilines is 2. The van der Waals surface area contributed by atoms with Crippen LogP contribution in [0.5, 0.6) is 5.75 Å². The third-order valence-electron chi connectivity index (χ3n) is 4.98. The first-order valence-electron chi connectivity index (χ1n) is 8.79. The van der Waals surface area contributed by atoms with E-state index in [-0.39, 0.29) is 5.91 Å². The Labute approximate surface area is 153 Å². The molecule has 26 heavy (non-hydrogen) atoms. The Kier molecular flexibility index (Phi) is 4.39. The molecule has 5 nitrogen and oxygen atoms in total. The Morgan fingerprint density at radius 2 is 1.88 bits per heavy atom. The number of likely N-dealkylation sites (N-methyl/N-ethyl adjacent to an activating group) is 1. The summed E-state index contributed by atoms with van der Waals surface area (Å²) in [7, 11) is 3.47. The molecule has 0 saturated carbocycles. The van der Waals surface area contributed by atoms with Gasteiger partial charge >= 0.3 is 0 Å². The Morgan fingerprint density at radius 1 is 1.12 bits per heavy atom. The molecule has 2 aromatic rings. The average molecular weight is 350 g/mol. The second-order valence-corrected chi connectivity index (χ2v) is 6.47. The molecule has 0 aromatic heterocycles. The van der Waals surface area contributed by atoms with Crippen LogP contribution in [0.1, 0.15) is 11.1 Å². The number of amides is 1. The smallest absolute Gasteiger partial charge is 0.258 e. The van der Waals surface area contributed by atoms with Gasteiger partial charge in [0.15, 0.2) is 0 Å². The predicted octanol–water partition coefficient (Wildman–Crippen LogP) is 3.05. The van der Waals surface area contributed by atoms with Gasteiger partial charge in [0.2, 0.25) is 0 Å². The Hall–Kier alpha value is -2.79. The van der Waals surface area contributed by atoms with Crippen LogP contribution in [-0.2, 0) is 9.53 Å². The zero-order chi connectivity index (χ0) is 18.1. The third-order valence-corrected chi connectivity index (χ3v) is 4.98. The van der Waals surface area contributed by atoms with Crippen molar-refractivity contribution < 1.29 is 14.3 Å². The van der Waals surface area contributed by atoms with Gasteiger partial charge in [-0.15, -0.1) is 0 Å². The fourth-order valence-electron chi connectivity index (χ4n) is 3.53. The summed E-state index contributed by atoms with van der Waals surface area (Å²) in [5, 5.41) is 0. The molecule has 1 amide bonds. The van der Waals surface area contributed by atoms with Gasteiger partial charge in [0.05, 0.1) is 26.0 Å². The molecule has 1 fully saturated rings. The number of hydrogen-bond acceptors (Lipinski definition) is 4. The molecule has 5 heteroatoms. The fraction of sp³-hybridized carbons (Fsp3) is 0.286. The van der Waals surface area contributed by atoms with E-state index in [1.54, 1.807) is 19.1 Å². The van der Waals surface area contributed by atoms with Gasteiger partial charge in [0.1, 0.15) is 5.75 Å². The Bertz CT molecular complexity index is 869. The zero-order valence-electron chi connectivity index (χ0n) is 15.1. The topological polar surface area (TPSA) is 42.0 Å². The maximum absolute atomic E-state index is 12.7. The van der Waals surface area contributed by atoms with Gasteiger partial charge in [-0.25, -0.2) is 0 Å². The van der Waals surface area contributed by atoms with E-state index in [1.165, 1.54) is 0 Å². The molecule has 0 radical (unpaired) electrons. The van der Waals surface area contributed by atoms with Gasteiger partial charge in [-0.05, 0) is 24.3 Å². The zero-order valence-corrected chi connectivity index (χ0v) is 15.1. The molecule has 1 saturated heterocycles. The predicted molar refractivity (Wildman–Crippen MR) is 104 cm³/mol. The number of para-hydroxylation sites is 1. The summed E-state index contributed by atoms with van der Waals surface area (Å²) in [4.78, 5) is 16.6. The molecule has 2 heterocycles. The summed E-state index contributed by atoms with van der Waals surface area (Å²) in [5.74, 6) is 0.770. The van der Waals surface area contributed by atoms with E-state index in [9.17, 15) is 4.79 Å². The number of benzene rings is 2. The summed E-state index contributed by atoms with van der Waals surface area (Å²) in [6.45, 7) is 3.23. The first-order chi connectivity index (χ1) is 12.7. The molecule has 0 atom stereocenters. The van der Waals surface area contributed by atoms with Crippen molar-refractivity contribution in [3.63, 3.8) is 0 Å². The second kappa shape index (κ2) is 6.84. The lowest BCUT2D eigenvalue weighted by atomic mass is 10.0. The van der Waals surface area contributed by atoms with Gasteiger partial charge in [0, 0.05) is 48.6 Å². The van der Waals surface area contributed by atoms with Crippen LogP contribution in [-0.4, -0.2) is 46.4 Å². The average Bonchev–Trinajstić information content (AvgIpc) is 2.94. The molecule has 0 bridgehead atoms. The van der Waals surface area contributed by atoms with E-state index in [1.807, 2.05) is 42.5 Å². The Morgan fingerprint density at radius 3 is 2.65 bits per heavy atom. The quantitative estimate of drug-likeness (QED) is 0.798. The van der Waals surface area contributed by atoms with Crippen LogP contribution in [0.25, 0.3) is 11.6 Å². The number of morpholine rings is 1. The monoisotopic (exact) mass is 350 g/mol. The molecule has 0 unspecified atom stereocenters. The van der Waals surface area contributed by atoms with Crippen molar-refractivity contribution in [3.8, 4) is 5.75 Å². The number of hydrogen-bond donors (Lipinski definition) is 0. The van der Waals surface area contributed by atoms with Crippen molar-refractivity contribution in [1.29, 1.82) is 0 Å². The van der Waals surface area contributed by atoms with Gasteiger partial charge in [0.25, 0.3) is 5.91 Å². The van der Waals surface area contributed by atoms with E-state index >= 15 is 0 Å². The number of carbonyl (C=O) groups is 1. The van der Waals surface area contributed by atoms with Gasteiger partial charge < -0.3 is 19.3 Å². The number of methoxy groups -OCH3 is 1. The molecule has 2 aliphatic rings. The lowest BCUT2D eigenvalue weighted by molar-refractivity contribution is -0.112. The van der Waals surface area contributed by atoms with Crippen LogP contribution in [0, 0.1) is 0 Å². The standard InChI is InChI=1S/C21H22N2O3/c1-22-19-6-4-3-5-17(19)18(21(22)24)13-15-7-8-16(14-20(15)25-2)23-9-11-26-12-10-23/h3-8,13-14H,9-12H2,1-2H3. The molecule has 134 valence electrons. The maximum atomic E-state index is 12.7. The molecular formula is C21H22N2O3. The number of carbonyl (C=O) groups excluding carboxylic acids is 1. The van der Waals surface area contributed by atoms with Gasteiger partial charge in [-0.1, -0.05) is 18.2 Å². The second-order valence-electron chi connectivity index (χ2n) is 6.47. The van der Waals surface area contributed by atoms with Crippen molar-refractivity contribution in [3.05, 3.63) is 53.6 Å². The van der Waals surface area contributed by atoms with Crippen LogP contribution in [0.4, 0.5) is 11.4 Å². The van der Waals surface area contributed by atoms with E-state index in [0.29, 0.717) is 5.57 Å². The number of fused-ring (bicyclic) bond motifs is 1. The van der Waals surface area contributed by atoms with E-state index in [0.717, 1.165) is 54.6 Å². The summed E-state index contributed by atoms with van der Waals surface area (Å²) in [6, 6.07) is 14.0. The first kappa shape index (κ1) is 16.7. The van der Waals surface area contributed by atoms with Gasteiger partial charge in [-0.2, -0.15) is 0 Å². The molecule has 2 aromatic carbocycles. The highest BCUT2D eigenvalue weighted by atomic mass is 16.5. The van der Waals surface area contributed by atoms with Crippen molar-refractivity contribution >= 4 is 28.9 Å². The van der Waals surface area contributed by atoms with Crippen LogP contribution >= 0.6 is 0 Å². The molecule has 2 aliphatic heterocycles. The molecular weight excluding hydrogens is 328 g/mol. The third kappa shape index (κ3) is 2.84. The summed E-state index contributed by atoms with van der Waals surface area (Å²) in [5.41, 5.74) is 4.60. The maximum Gasteiger partial charge on any atom is 0.258 e. The van der Waals surface area contributed by atoms with E-state index in [4.69, 9.17) is 9.47 Å². The lowest BCUT2D eigenvalue weighted by Gasteiger charge is -2.29. The summed E-state index contributed by atoms with van der Waals surface area (Å²) < 4.78 is 11.0. The van der Waals surface area contributed by atoms with Crippen molar-refractivity contribution in [2.45, 2.75) is 0 Å². The normalized spacial score (nSPS) is 18.4. The highest BCUT2D eigenvalue weighted by molar-refractivity contribution is 6.35. The van der Waals surface area contributed by atoms with E-state index in [2.05, 4.69) is 11.0 Å². The van der Waals surface area contributed by atoms with Crippen LogP contribution < -0.4 is 14.5 Å². The highest BCUT2D eigenvalue weighted by Crippen LogP contribution is 2.38. The Balaban J connectivity index is 1.72. The minimum Gasteiger partial charge on any atom is -0.496 e. The number of rotatable bonds is 3. The lowest BCUT2D eigenvalue weighted by Crippen LogP contribution is -2.36. The largest absolute Gasteiger partial charge is 0.496 e. The fourth-order valence-corrected chi connectivity index (χ4v) is 3.53. The molecule has 0 N–H and O–H groups in total. The highest BCUT2D eigenvalue weighted by Gasteiger charge is 2.29.